The van der Waals surface area contributed by atoms with Crippen molar-refractivity contribution in [2.75, 3.05) is 41.0 Å². The number of hydrogen-bond donors (Lipinski definition) is 1. The maximum absolute atomic E-state index is 12.8. The van der Waals surface area contributed by atoms with Gasteiger partial charge in [-0.25, -0.2) is 4.79 Å². The summed E-state index contributed by atoms with van der Waals surface area (Å²) in [7, 11) is 5.52. The Labute approximate surface area is 405 Å². The van der Waals surface area contributed by atoms with Gasteiger partial charge in [0.25, 0.3) is 0 Å². The van der Waals surface area contributed by atoms with Gasteiger partial charge in [-0.05, 0) is 89.9 Å². The molecule has 0 fully saturated rings. The van der Waals surface area contributed by atoms with E-state index in [-0.39, 0.29) is 36.2 Å². The number of ether oxygens (including phenoxy) is 3. The van der Waals surface area contributed by atoms with Crippen molar-refractivity contribution in [2.24, 2.45) is 0 Å². The molecule has 0 radical (unpaired) electrons. The fraction of sp³-hybridized carbons (Fsp3) is 0.672. The number of likely N-dealkylation sites (N-methyl/N-ethyl adjacent to an activating group) is 1. The normalized spacial score (nSPS) is 13.7. The van der Waals surface area contributed by atoms with Gasteiger partial charge in [-0.2, -0.15) is 0 Å². The molecule has 8 nitrogen and oxygen atoms in total. The molecule has 0 aromatic carbocycles. The van der Waals surface area contributed by atoms with Crippen LogP contribution in [0.4, 0.5) is 0 Å². The molecule has 1 N–H and O–H groups in total. The van der Waals surface area contributed by atoms with Crippen LogP contribution in [0.3, 0.4) is 0 Å². The zero-order valence-electron chi connectivity index (χ0n) is 42.9. The first-order valence-corrected chi connectivity index (χ1v) is 26.3. The fourth-order valence-corrected chi connectivity index (χ4v) is 7.25. The standard InChI is InChI=1S/C58H97NO7/c1-6-8-10-12-14-16-18-20-22-24-26-27-28-29-31-33-35-37-39-41-43-45-47-49-57(61)66-54(52-64-51-50-55(58(62)63)59(3,4)5)53-65-56(60)48-46-44-42-40-38-36-34-32-30-25-23-21-19-17-15-13-11-9-7-2/h8-11,14-17,20-23,26-27,30,32,54-55H,6-7,12-13,18-19,24-25,28-29,31,33-53H2,1-5H3/p+1/b10-8-,11-9-,16-14-,17-15-,22-20-,23-21-,27-26-,32-30-. The number of esters is 2. The van der Waals surface area contributed by atoms with E-state index in [9.17, 15) is 19.5 Å². The number of rotatable bonds is 46. The topological polar surface area (TPSA) is 99.1 Å². The first-order valence-electron chi connectivity index (χ1n) is 26.3. The summed E-state index contributed by atoms with van der Waals surface area (Å²) in [4.78, 5) is 37.2. The summed E-state index contributed by atoms with van der Waals surface area (Å²) in [6.07, 6.45) is 64.5. The summed E-state index contributed by atoms with van der Waals surface area (Å²) < 4.78 is 17.4. The van der Waals surface area contributed by atoms with Crippen LogP contribution in [0.15, 0.2) is 97.2 Å². The molecule has 2 atom stereocenters. The van der Waals surface area contributed by atoms with Crippen LogP contribution in [0, 0.1) is 0 Å². The minimum Gasteiger partial charge on any atom is -0.477 e. The largest absolute Gasteiger partial charge is 0.477 e. The van der Waals surface area contributed by atoms with Crippen molar-refractivity contribution >= 4 is 17.9 Å². The van der Waals surface area contributed by atoms with E-state index in [1.807, 2.05) is 21.1 Å². The Morgan fingerprint density at radius 3 is 1.18 bits per heavy atom. The van der Waals surface area contributed by atoms with Crippen LogP contribution in [0.5, 0.6) is 0 Å². The van der Waals surface area contributed by atoms with Crippen molar-refractivity contribution in [3.8, 4) is 0 Å². The van der Waals surface area contributed by atoms with Gasteiger partial charge in [0.1, 0.15) is 6.61 Å². The van der Waals surface area contributed by atoms with Crippen LogP contribution >= 0.6 is 0 Å². The van der Waals surface area contributed by atoms with Gasteiger partial charge in [0.2, 0.25) is 0 Å². The minimum absolute atomic E-state index is 0.0495. The lowest BCUT2D eigenvalue weighted by Gasteiger charge is -2.31. The average molecular weight is 921 g/mol. The maximum Gasteiger partial charge on any atom is 0.362 e. The van der Waals surface area contributed by atoms with Gasteiger partial charge in [0.05, 0.1) is 34.4 Å². The quantitative estimate of drug-likeness (QED) is 0.0281. The molecule has 0 spiro atoms. The Kier molecular flexibility index (Phi) is 45.0. The molecule has 0 heterocycles. The molecule has 0 aliphatic heterocycles. The van der Waals surface area contributed by atoms with E-state index < -0.39 is 18.1 Å². The molecule has 0 aliphatic rings. The number of nitrogens with zero attached hydrogens (tertiary/aromatic N) is 1. The van der Waals surface area contributed by atoms with Crippen molar-refractivity contribution in [1.29, 1.82) is 0 Å². The van der Waals surface area contributed by atoms with Gasteiger partial charge in [0, 0.05) is 19.3 Å². The van der Waals surface area contributed by atoms with Crippen molar-refractivity contribution in [2.45, 2.75) is 212 Å². The van der Waals surface area contributed by atoms with E-state index in [4.69, 9.17) is 14.2 Å². The number of unbranched alkanes of at least 4 members (excludes halogenated alkanes) is 16. The lowest BCUT2D eigenvalue weighted by molar-refractivity contribution is -0.887. The molecule has 376 valence electrons. The first-order chi connectivity index (χ1) is 32.1. The van der Waals surface area contributed by atoms with E-state index in [1.54, 1.807) is 0 Å². The van der Waals surface area contributed by atoms with Gasteiger partial charge in [0.15, 0.2) is 12.1 Å². The molecule has 0 bridgehead atoms. The molecular formula is C58H98NO7+. The summed E-state index contributed by atoms with van der Waals surface area (Å²) in [5.41, 5.74) is 0. The highest BCUT2D eigenvalue weighted by Crippen LogP contribution is 2.15. The Balaban J connectivity index is 4.27. The SMILES string of the molecule is CC/C=C\C/C=C\C/C=C\C/C=C\CCCCCCCCCCCCC(=O)OC(COCCC(C(=O)O)[N+](C)(C)C)COC(=O)CCCCCCCC/C=C\C/C=C\C/C=C\C/C=C\CC. The minimum atomic E-state index is -0.881. The Hall–Kier alpha value is -3.75. The van der Waals surface area contributed by atoms with E-state index >= 15 is 0 Å². The second-order valence-corrected chi connectivity index (χ2v) is 18.4. The maximum atomic E-state index is 12.8. The number of quaternary nitrogens is 1. The number of carboxylic acids is 1. The smallest absolute Gasteiger partial charge is 0.362 e. The third-order valence-corrected chi connectivity index (χ3v) is 11.2. The van der Waals surface area contributed by atoms with Crippen LogP contribution in [0.25, 0.3) is 0 Å². The monoisotopic (exact) mass is 921 g/mol. The predicted molar refractivity (Wildman–Crippen MR) is 279 cm³/mol. The van der Waals surface area contributed by atoms with Gasteiger partial charge in [-0.15, -0.1) is 0 Å². The highest BCUT2D eigenvalue weighted by molar-refractivity contribution is 5.72. The van der Waals surface area contributed by atoms with Gasteiger partial charge in [-0.1, -0.05) is 188 Å². The van der Waals surface area contributed by atoms with Crippen molar-refractivity contribution < 1.29 is 38.2 Å². The van der Waals surface area contributed by atoms with E-state index in [0.717, 1.165) is 103 Å². The number of allylic oxidation sites excluding steroid dienone is 16. The van der Waals surface area contributed by atoms with Crippen LogP contribution in [-0.4, -0.2) is 80.6 Å². The third kappa shape index (κ3) is 45.4. The van der Waals surface area contributed by atoms with Crippen LogP contribution in [0.1, 0.15) is 200 Å². The summed E-state index contributed by atoms with van der Waals surface area (Å²) in [5.74, 6) is -1.50. The third-order valence-electron chi connectivity index (χ3n) is 11.2. The Morgan fingerprint density at radius 1 is 0.455 bits per heavy atom. The molecule has 0 amide bonds. The first kappa shape index (κ1) is 62.2. The van der Waals surface area contributed by atoms with Crippen molar-refractivity contribution in [3.05, 3.63) is 97.2 Å². The Bertz CT molecular complexity index is 1400. The van der Waals surface area contributed by atoms with Crippen LogP contribution in [0.2, 0.25) is 0 Å². The lowest BCUT2D eigenvalue weighted by Crippen LogP contribution is -2.50. The highest BCUT2D eigenvalue weighted by Gasteiger charge is 2.31. The zero-order chi connectivity index (χ0) is 48.4. The zero-order valence-corrected chi connectivity index (χ0v) is 42.9. The number of carbonyl (C=O) groups is 3. The van der Waals surface area contributed by atoms with Crippen molar-refractivity contribution in [1.82, 2.24) is 0 Å². The molecule has 2 unspecified atom stereocenters. The summed E-state index contributed by atoms with van der Waals surface area (Å²) >= 11 is 0. The summed E-state index contributed by atoms with van der Waals surface area (Å²) in [6, 6.07) is -0.624. The number of hydrogen-bond acceptors (Lipinski definition) is 6. The van der Waals surface area contributed by atoms with Gasteiger partial charge in [-0.3, -0.25) is 9.59 Å². The van der Waals surface area contributed by atoms with Crippen LogP contribution < -0.4 is 0 Å². The van der Waals surface area contributed by atoms with Gasteiger partial charge >= 0.3 is 17.9 Å². The summed E-state index contributed by atoms with van der Waals surface area (Å²) in [6.45, 7) is 4.49. The highest BCUT2D eigenvalue weighted by atomic mass is 16.6. The molecule has 0 aromatic heterocycles. The number of carbonyl (C=O) groups excluding carboxylic acids is 2. The predicted octanol–water partition coefficient (Wildman–Crippen LogP) is 15.4. The Morgan fingerprint density at radius 2 is 0.803 bits per heavy atom. The fourth-order valence-electron chi connectivity index (χ4n) is 7.25. The molecule has 0 saturated heterocycles. The molecular weight excluding hydrogens is 823 g/mol. The van der Waals surface area contributed by atoms with E-state index in [0.29, 0.717) is 19.3 Å². The molecule has 0 aliphatic carbocycles. The molecule has 0 rings (SSSR count). The molecule has 0 aromatic rings. The molecule has 8 heteroatoms. The second-order valence-electron chi connectivity index (χ2n) is 18.4. The number of aliphatic carboxylic acids is 1. The second kappa shape index (κ2) is 47.7. The van der Waals surface area contributed by atoms with Gasteiger partial charge < -0.3 is 23.8 Å². The summed E-state index contributed by atoms with van der Waals surface area (Å²) in [5, 5.41) is 9.66. The molecule has 66 heavy (non-hydrogen) atoms. The number of carboxylic acid groups (broad SMARTS) is 1. The van der Waals surface area contributed by atoms with E-state index in [2.05, 4.69) is 111 Å². The van der Waals surface area contributed by atoms with Crippen molar-refractivity contribution in [3.63, 3.8) is 0 Å². The molecule has 0 saturated carbocycles. The lowest BCUT2D eigenvalue weighted by atomic mass is 10.0. The van der Waals surface area contributed by atoms with Crippen LogP contribution in [-0.2, 0) is 28.6 Å². The van der Waals surface area contributed by atoms with E-state index in [1.165, 1.54) is 64.2 Å². The average Bonchev–Trinajstić information content (AvgIpc) is 3.28.